The molecule has 0 aliphatic heterocycles. The summed E-state index contributed by atoms with van der Waals surface area (Å²) in [5.74, 6) is -1.18. The molecular formula is C10H14N2O4S2. The van der Waals surface area contributed by atoms with E-state index in [1.54, 1.807) is 19.1 Å². The minimum Gasteiger partial charge on any atom is -0.368 e. The number of aryl methyl sites for hydroxylation is 1. The highest BCUT2D eigenvalue weighted by Crippen LogP contribution is 2.17. The van der Waals surface area contributed by atoms with Crippen LogP contribution in [0.4, 0.5) is 0 Å². The fourth-order valence-corrected chi connectivity index (χ4v) is 2.91. The highest BCUT2D eigenvalue weighted by molar-refractivity contribution is 7.89. The predicted molar refractivity (Wildman–Crippen MR) is 68.8 cm³/mol. The summed E-state index contributed by atoms with van der Waals surface area (Å²) in [6, 6.07) is 4.44. The molecule has 0 saturated carbocycles. The summed E-state index contributed by atoms with van der Waals surface area (Å²) in [5, 5.41) is 9.63. The first kappa shape index (κ1) is 15.0. The van der Waals surface area contributed by atoms with Gasteiger partial charge in [-0.1, -0.05) is 22.2 Å². The third-order valence-corrected chi connectivity index (χ3v) is 4.29. The molecule has 0 radical (unpaired) electrons. The first-order valence-electron chi connectivity index (χ1n) is 5.01. The van der Waals surface area contributed by atoms with Crippen LogP contribution in [0.25, 0.3) is 0 Å². The number of thiol groups is 1. The van der Waals surface area contributed by atoms with Gasteiger partial charge in [0.25, 0.3) is 10.0 Å². The second-order valence-electron chi connectivity index (χ2n) is 3.69. The summed E-state index contributed by atoms with van der Waals surface area (Å²) >= 11 is 3.79. The first-order valence-corrected chi connectivity index (χ1v) is 7.08. The topological polar surface area (TPSA) is 101 Å². The fraction of sp³-hybridized carbons (Fsp3) is 0.300. The SMILES string of the molecule is Cc1ccc(S(=O)(=O)N(O)C(CS)C(N)=O)cc1. The summed E-state index contributed by atoms with van der Waals surface area (Å²) < 4.78 is 23.9. The molecule has 0 heterocycles. The van der Waals surface area contributed by atoms with Gasteiger partial charge in [-0.2, -0.15) is 12.6 Å². The van der Waals surface area contributed by atoms with Crippen molar-refractivity contribution >= 4 is 28.6 Å². The van der Waals surface area contributed by atoms with Gasteiger partial charge >= 0.3 is 0 Å². The van der Waals surface area contributed by atoms with Crippen molar-refractivity contribution in [3.05, 3.63) is 29.8 Å². The number of rotatable bonds is 5. The van der Waals surface area contributed by atoms with E-state index in [4.69, 9.17) is 5.73 Å². The Hall–Kier alpha value is -1.09. The normalized spacial score (nSPS) is 13.6. The number of sulfonamides is 1. The van der Waals surface area contributed by atoms with E-state index in [0.29, 0.717) is 0 Å². The highest BCUT2D eigenvalue weighted by atomic mass is 32.2. The van der Waals surface area contributed by atoms with Crippen LogP contribution < -0.4 is 5.73 Å². The van der Waals surface area contributed by atoms with Crippen molar-refractivity contribution < 1.29 is 18.4 Å². The molecule has 1 atom stereocenters. The van der Waals surface area contributed by atoms with E-state index in [0.717, 1.165) is 5.56 Å². The van der Waals surface area contributed by atoms with E-state index in [2.05, 4.69) is 12.6 Å². The van der Waals surface area contributed by atoms with Gasteiger partial charge in [0.1, 0.15) is 6.04 Å². The lowest BCUT2D eigenvalue weighted by Crippen LogP contribution is -2.47. The van der Waals surface area contributed by atoms with Crippen LogP contribution in [0.2, 0.25) is 0 Å². The molecule has 0 aliphatic rings. The lowest BCUT2D eigenvalue weighted by atomic mass is 10.2. The maximum atomic E-state index is 12.0. The molecule has 0 aromatic heterocycles. The Bertz CT molecular complexity index is 527. The average Bonchev–Trinajstić information content (AvgIpc) is 2.29. The van der Waals surface area contributed by atoms with Crippen LogP contribution in [0.5, 0.6) is 0 Å². The van der Waals surface area contributed by atoms with Crippen LogP contribution in [-0.4, -0.2) is 35.8 Å². The van der Waals surface area contributed by atoms with Crippen LogP contribution in [0.15, 0.2) is 29.2 Å². The third kappa shape index (κ3) is 3.02. The average molecular weight is 290 g/mol. The van der Waals surface area contributed by atoms with Crippen LogP contribution in [0.3, 0.4) is 0 Å². The summed E-state index contributed by atoms with van der Waals surface area (Å²) in [7, 11) is -4.17. The predicted octanol–water partition coefficient (Wildman–Crippen LogP) is 0.159. The number of hydrogen-bond donors (Lipinski definition) is 3. The standard InChI is InChI=1S/C10H14N2O4S2/c1-7-2-4-8(5-3-7)18(15,16)12(14)9(6-17)10(11)13/h2-5,9,14,17H,6H2,1H3,(H2,11,13). The molecule has 0 spiro atoms. The van der Waals surface area contributed by atoms with E-state index < -0.39 is 22.0 Å². The Balaban J connectivity index is 3.13. The maximum Gasteiger partial charge on any atom is 0.265 e. The molecule has 1 rings (SSSR count). The van der Waals surface area contributed by atoms with Crippen LogP contribution in [0.1, 0.15) is 5.56 Å². The number of amides is 1. The molecule has 6 nitrogen and oxygen atoms in total. The minimum atomic E-state index is -4.17. The van der Waals surface area contributed by atoms with Gasteiger partial charge in [-0.25, -0.2) is 8.42 Å². The number of benzene rings is 1. The number of nitrogens with zero attached hydrogens (tertiary/aromatic N) is 1. The first-order chi connectivity index (χ1) is 8.30. The number of carbonyl (C=O) groups excluding carboxylic acids is 1. The Morgan fingerprint density at radius 1 is 1.44 bits per heavy atom. The zero-order chi connectivity index (χ0) is 13.9. The van der Waals surface area contributed by atoms with Gasteiger partial charge in [0.15, 0.2) is 0 Å². The molecule has 0 bridgehead atoms. The van der Waals surface area contributed by atoms with Gasteiger partial charge in [-0.15, -0.1) is 0 Å². The molecule has 0 saturated heterocycles. The minimum absolute atomic E-state index is 0.0486. The van der Waals surface area contributed by atoms with Gasteiger partial charge in [0.05, 0.1) is 4.90 Å². The third-order valence-electron chi connectivity index (χ3n) is 2.33. The molecular weight excluding hydrogens is 276 g/mol. The summed E-state index contributed by atoms with van der Waals surface area (Å²) in [4.78, 5) is 10.9. The Morgan fingerprint density at radius 3 is 2.33 bits per heavy atom. The van der Waals surface area contributed by atoms with Gasteiger partial charge in [-0.3, -0.25) is 10.0 Å². The van der Waals surface area contributed by atoms with Gasteiger partial charge in [-0.05, 0) is 19.1 Å². The largest absolute Gasteiger partial charge is 0.368 e. The number of hydroxylamine groups is 1. The molecule has 1 aromatic rings. The highest BCUT2D eigenvalue weighted by Gasteiger charge is 2.32. The monoisotopic (exact) mass is 290 g/mol. The van der Waals surface area contributed by atoms with E-state index in [1.807, 2.05) is 0 Å². The number of nitrogens with two attached hydrogens (primary N) is 1. The van der Waals surface area contributed by atoms with E-state index in [-0.39, 0.29) is 15.1 Å². The second-order valence-corrected chi connectivity index (χ2v) is 5.85. The molecule has 3 N–H and O–H groups in total. The summed E-state index contributed by atoms with van der Waals surface area (Å²) in [6.45, 7) is 1.80. The summed E-state index contributed by atoms with van der Waals surface area (Å²) in [6.07, 6.45) is 0. The molecule has 1 aromatic carbocycles. The van der Waals surface area contributed by atoms with Crippen molar-refractivity contribution in [3.63, 3.8) is 0 Å². The van der Waals surface area contributed by atoms with Crippen LogP contribution in [-0.2, 0) is 14.8 Å². The van der Waals surface area contributed by atoms with Crippen molar-refractivity contribution in [2.45, 2.75) is 17.9 Å². The van der Waals surface area contributed by atoms with Gasteiger partial charge < -0.3 is 5.73 Å². The van der Waals surface area contributed by atoms with Crippen molar-refractivity contribution in [3.8, 4) is 0 Å². The molecule has 1 amide bonds. The quantitative estimate of drug-likeness (QED) is 0.531. The number of carbonyl (C=O) groups is 1. The van der Waals surface area contributed by atoms with Gasteiger partial charge in [0, 0.05) is 5.75 Å². The maximum absolute atomic E-state index is 12.0. The Morgan fingerprint density at radius 2 is 1.94 bits per heavy atom. The molecule has 8 heteroatoms. The molecule has 100 valence electrons. The van der Waals surface area contributed by atoms with E-state index in [9.17, 15) is 18.4 Å². The fourth-order valence-electron chi connectivity index (χ4n) is 1.25. The number of primary amides is 1. The molecule has 1 unspecified atom stereocenters. The Kier molecular flexibility index (Phi) is 4.74. The van der Waals surface area contributed by atoms with Crippen molar-refractivity contribution in [1.29, 1.82) is 0 Å². The summed E-state index contributed by atoms with van der Waals surface area (Å²) in [5.41, 5.74) is 5.87. The lowest BCUT2D eigenvalue weighted by molar-refractivity contribution is -0.129. The van der Waals surface area contributed by atoms with Crippen molar-refractivity contribution in [2.24, 2.45) is 5.73 Å². The molecule has 18 heavy (non-hydrogen) atoms. The van der Waals surface area contributed by atoms with E-state index >= 15 is 0 Å². The number of hydrogen-bond acceptors (Lipinski definition) is 5. The lowest BCUT2D eigenvalue weighted by Gasteiger charge is -2.21. The molecule has 0 aliphatic carbocycles. The van der Waals surface area contributed by atoms with Gasteiger partial charge in [0.2, 0.25) is 5.91 Å². The smallest absolute Gasteiger partial charge is 0.265 e. The Labute approximate surface area is 111 Å². The van der Waals surface area contributed by atoms with Crippen molar-refractivity contribution in [1.82, 2.24) is 4.47 Å². The second kappa shape index (κ2) is 5.70. The molecule has 0 fully saturated rings. The zero-order valence-corrected chi connectivity index (χ0v) is 11.4. The zero-order valence-electron chi connectivity index (χ0n) is 9.65. The van der Waals surface area contributed by atoms with Crippen molar-refractivity contribution in [2.75, 3.05) is 5.75 Å². The van der Waals surface area contributed by atoms with Crippen LogP contribution >= 0.6 is 12.6 Å². The van der Waals surface area contributed by atoms with E-state index in [1.165, 1.54) is 12.1 Å². The van der Waals surface area contributed by atoms with Crippen LogP contribution in [0, 0.1) is 6.92 Å².